The Bertz CT molecular complexity index is 5370. The van der Waals surface area contributed by atoms with E-state index in [2.05, 4.69) is 87.0 Å². The first-order chi connectivity index (χ1) is 58.1. The molecule has 16 nitrogen and oxygen atoms in total. The summed E-state index contributed by atoms with van der Waals surface area (Å²) in [6.07, 6.45) is 23.3. The van der Waals surface area contributed by atoms with Crippen LogP contribution in [-0.4, -0.2) is 127 Å². The van der Waals surface area contributed by atoms with E-state index in [1.54, 1.807) is 42.0 Å². The van der Waals surface area contributed by atoms with Crippen LogP contribution < -0.4 is 0 Å². The van der Waals surface area contributed by atoms with E-state index in [0.717, 1.165) is 147 Å². The Hall–Kier alpha value is -7.87. The van der Waals surface area contributed by atoms with Crippen LogP contribution in [0.15, 0.2) is 138 Å². The fraction of sp³-hybridized carbons (Fsp3) is 0.557. The van der Waals surface area contributed by atoms with Gasteiger partial charge in [-0.3, -0.25) is 24.0 Å². The molecule has 11 unspecified atom stereocenters. The van der Waals surface area contributed by atoms with Crippen LogP contribution in [0.25, 0.3) is 21.9 Å². The van der Waals surface area contributed by atoms with Crippen LogP contribution in [0.1, 0.15) is 278 Å². The summed E-state index contributed by atoms with van der Waals surface area (Å²) in [7, 11) is 0. The fourth-order valence-electron chi connectivity index (χ4n) is 26.3. The Morgan fingerprint density at radius 2 is 0.846 bits per heavy atom. The van der Waals surface area contributed by atoms with Crippen LogP contribution >= 0.6 is 15.9 Å². The molecule has 0 bridgehead atoms. The number of fused-ring (bicyclic) bond motifs is 23. The molecule has 0 saturated heterocycles. The first-order valence-electron chi connectivity index (χ1n) is 45.9. The molecule has 0 heterocycles. The number of rotatable bonds is 0. The summed E-state index contributed by atoms with van der Waals surface area (Å²) < 4.78 is 0. The third-order valence-electron chi connectivity index (χ3n) is 35.0. The number of aliphatic hydroxyl groups is 6. The first-order valence-corrected chi connectivity index (χ1v) is 46.8. The van der Waals surface area contributed by atoms with E-state index in [9.17, 15) is 75.0 Å². The van der Waals surface area contributed by atoms with Gasteiger partial charge < -0.3 is 56.2 Å². The fourth-order valence-corrected chi connectivity index (χ4v) is 27.2. The maximum absolute atomic E-state index is 12.5. The van der Waals surface area contributed by atoms with Crippen molar-refractivity contribution in [2.45, 2.75) is 296 Å². The van der Waals surface area contributed by atoms with Gasteiger partial charge in [-0.2, -0.15) is 0 Å². The zero-order valence-corrected chi connectivity index (χ0v) is 75.3. The number of Topliss-reactive ketones (excluding diaryl/α,β-unsaturated/α-hetero) is 5. The number of carbonyl (C=O) groups excluding carboxylic acids is 5. The lowest BCUT2D eigenvalue weighted by Gasteiger charge is -2.43. The molecule has 21 atom stereocenters. The van der Waals surface area contributed by atoms with Gasteiger partial charge in [0.05, 0.1) is 29.2 Å². The van der Waals surface area contributed by atoms with Crippen LogP contribution in [0.4, 0.5) is 0 Å². The summed E-state index contributed by atoms with van der Waals surface area (Å²) in [5.74, 6) is 6.43. The SMILES string of the molecule is CC1C[C@@H](O)C(=O)C1(C)C.CC1C[C@@H](O)[C@H](O)C1(C)C.C[C@]12CCC3=C(CCc4cc(O)ccc43)C1CCC2=O.C[C@]12CCC3=C(CCc4cc(O)ccc43)C1C[C@@H](O)C2=O.C[C@]12CCC3C(=CCc4cc(O)ccc43)C1CC(Br)C2=O.C[C@]12CCC3C(=CCc4cc(O)ccc43)C1CCC2=O.C[C@]12CCc3c(ccc4cc(O)ccc34)C1C[C@@H](O)C2O. The number of alkyl halides is 1. The minimum absolute atomic E-state index is 0.000000000000000444. The average molecular weight is 1740 g/mol. The van der Waals surface area contributed by atoms with Crippen molar-refractivity contribution >= 4 is 66.8 Å². The molecule has 0 aromatic heterocycles. The van der Waals surface area contributed by atoms with E-state index in [1.165, 1.54) is 88.9 Å². The summed E-state index contributed by atoms with van der Waals surface area (Å²) in [5, 5.41) is 109. The van der Waals surface area contributed by atoms with Crippen LogP contribution in [0.2, 0.25) is 0 Å². The smallest absolute Gasteiger partial charge is 0.167 e. The third kappa shape index (κ3) is 15.3. The predicted octanol–water partition coefficient (Wildman–Crippen LogP) is 19.0. The Balaban J connectivity index is 0.000000108. The van der Waals surface area contributed by atoms with Crippen LogP contribution in [-0.2, 0) is 56.1 Å². The summed E-state index contributed by atoms with van der Waals surface area (Å²) >= 11 is 3.58. The number of hydrogen-bond donors (Lipinski definition) is 11. The van der Waals surface area contributed by atoms with Gasteiger partial charge in [0, 0.05) is 57.2 Å². The predicted molar refractivity (Wildman–Crippen MR) is 481 cm³/mol. The number of carbonyl (C=O) groups is 5. The van der Waals surface area contributed by atoms with Gasteiger partial charge in [-0.05, 0) is 333 Å². The minimum atomic E-state index is -0.784. The van der Waals surface area contributed by atoms with Crippen molar-refractivity contribution in [3.63, 3.8) is 0 Å². The zero-order chi connectivity index (χ0) is 88.0. The standard InChI is InChI=1S/C18H19BrO2.2C18H20O3.2C18H20O2.C8H16O2.C8H14O2/c1-18-7-6-13-12-5-3-11(20)8-10(12)2-4-14(13)15(18)9-16(19)17(18)21;2*1-18-7-6-13-12-5-3-11(19)8-10(12)2-4-14(13)15(18)9-16(20)17(18)21;2*1-18-9-8-14-13-5-3-12(19)10-11(13)2-4-15(14)16(18)6-7-17(18)20;2*1-5-4-6(9)7(10)8(5,2)3/h3-5,8,13,15-16,20H,2,6-7,9H2,1H3;3,5,8,15-16,19-20H,2,4,6-7,9H2,1H3;2-5,8,15-17,19-21H,6-7,9H2,1H3;3,5,10,16,19H,2,4,6-9H2,1H3;3-5,10,14,16,19H,2,6-9H2,1H3;5-7,9-10H,4H2,1-3H3;5-6,9H,4H2,1-3H3/t13?,15?,16?,18-;15?,16-,18+;15?,16-,17?,18+;16?,18-;14?,16?,18-;5?,6-,7+;5?,6-/m0110011/s1. The number of aliphatic hydroxyl groups excluding tert-OH is 6. The number of hydrogen-bond acceptors (Lipinski definition) is 16. The molecule has 0 aliphatic heterocycles. The molecule has 9 saturated carbocycles. The maximum atomic E-state index is 12.5. The lowest BCUT2D eigenvalue weighted by Crippen LogP contribution is -2.38. The molecule has 16 aliphatic carbocycles. The topological polar surface area (TPSA) is 308 Å². The van der Waals surface area contributed by atoms with Gasteiger partial charge in [-0.15, -0.1) is 0 Å². The Labute approximate surface area is 733 Å². The number of halogens is 1. The van der Waals surface area contributed by atoms with Crippen molar-refractivity contribution in [3.05, 3.63) is 193 Å². The lowest BCUT2D eigenvalue weighted by atomic mass is 9.60. The summed E-state index contributed by atoms with van der Waals surface area (Å²) in [6.45, 7) is 22.5. The van der Waals surface area contributed by atoms with Gasteiger partial charge in [0.15, 0.2) is 17.3 Å². The normalized spacial score (nSPS) is 36.0. The first kappa shape index (κ1) is 88.6. The number of phenols is 5. The molecular weight excluding hydrogens is 1610 g/mol. The van der Waals surface area contributed by atoms with Gasteiger partial charge in [0.2, 0.25) is 0 Å². The molecule has 6 aromatic carbocycles. The molecule has 16 aliphatic rings. The average Bonchev–Trinajstić information content (AvgIpc) is 1.64. The number of benzene rings is 6. The highest BCUT2D eigenvalue weighted by Crippen LogP contribution is 2.64. The van der Waals surface area contributed by atoms with Gasteiger partial charge in [-0.1, -0.05) is 169 Å². The molecule has 123 heavy (non-hydrogen) atoms. The van der Waals surface area contributed by atoms with E-state index < -0.39 is 36.6 Å². The van der Waals surface area contributed by atoms with Crippen LogP contribution in [0, 0.1) is 73.4 Å². The monoisotopic (exact) mass is 1740 g/mol. The van der Waals surface area contributed by atoms with Crippen molar-refractivity contribution in [2.24, 2.45) is 73.4 Å². The second-order valence-electron chi connectivity index (χ2n) is 42.0. The van der Waals surface area contributed by atoms with Crippen molar-refractivity contribution < 1.29 is 80.1 Å². The molecule has 0 spiro atoms. The van der Waals surface area contributed by atoms with E-state index in [-0.39, 0.29) is 71.9 Å². The zero-order valence-electron chi connectivity index (χ0n) is 73.7. The number of ketones is 5. The Morgan fingerprint density at radius 3 is 1.37 bits per heavy atom. The number of allylic oxidation sites excluding steroid dienone is 8. The molecule has 9 fully saturated rings. The van der Waals surface area contributed by atoms with E-state index in [1.807, 2.05) is 84.0 Å². The van der Waals surface area contributed by atoms with Crippen molar-refractivity contribution in [2.75, 3.05) is 0 Å². The molecule has 656 valence electrons. The molecule has 0 amide bonds. The van der Waals surface area contributed by atoms with Crippen molar-refractivity contribution in [1.29, 1.82) is 0 Å². The van der Waals surface area contributed by atoms with Crippen molar-refractivity contribution in [1.82, 2.24) is 0 Å². The minimum Gasteiger partial charge on any atom is -0.508 e. The highest BCUT2D eigenvalue weighted by atomic mass is 79.9. The lowest BCUT2D eigenvalue weighted by molar-refractivity contribution is -0.132. The van der Waals surface area contributed by atoms with Crippen LogP contribution in [0.3, 0.4) is 0 Å². The summed E-state index contributed by atoms with van der Waals surface area (Å²) in [5.41, 5.74) is 20.2. The molecule has 11 N–H and O–H groups in total. The number of aromatic hydroxyl groups is 5. The molecule has 22 rings (SSSR count). The third-order valence-corrected chi connectivity index (χ3v) is 35.8. The second kappa shape index (κ2) is 33.1. The van der Waals surface area contributed by atoms with Gasteiger partial charge in [0.25, 0.3) is 0 Å². The van der Waals surface area contributed by atoms with Gasteiger partial charge >= 0.3 is 0 Å². The molecule has 0 radical (unpaired) electrons. The highest BCUT2D eigenvalue weighted by molar-refractivity contribution is 9.10. The summed E-state index contributed by atoms with van der Waals surface area (Å²) in [6, 6.07) is 32.6. The van der Waals surface area contributed by atoms with Crippen LogP contribution in [0.5, 0.6) is 28.7 Å². The van der Waals surface area contributed by atoms with Crippen molar-refractivity contribution in [3.8, 4) is 28.7 Å². The second-order valence-corrected chi connectivity index (χ2v) is 43.1. The Kier molecular flexibility index (Phi) is 23.8. The van der Waals surface area contributed by atoms with Gasteiger partial charge in [-0.25, -0.2) is 0 Å². The molecular formula is C106H129BrO16. The summed E-state index contributed by atoms with van der Waals surface area (Å²) in [4.78, 5) is 60.5. The molecule has 17 heteroatoms. The Morgan fingerprint density at radius 1 is 0.374 bits per heavy atom. The number of aryl methyl sites for hydroxylation is 3. The molecule has 6 aromatic rings. The van der Waals surface area contributed by atoms with E-state index >= 15 is 0 Å². The number of phenolic OH excluding ortho intramolecular Hbond substituents is 5. The van der Waals surface area contributed by atoms with E-state index in [0.29, 0.717) is 101 Å². The van der Waals surface area contributed by atoms with Gasteiger partial charge in [0.1, 0.15) is 52.5 Å². The quantitative estimate of drug-likeness (QED) is 0.0497. The van der Waals surface area contributed by atoms with E-state index in [4.69, 9.17) is 5.11 Å². The largest absolute Gasteiger partial charge is 0.508 e. The highest BCUT2D eigenvalue weighted by Gasteiger charge is 2.59. The maximum Gasteiger partial charge on any atom is 0.167 e.